The highest BCUT2D eigenvalue weighted by atomic mass is 32.1. The molecule has 1 N–H and O–H groups in total. The zero-order valence-corrected chi connectivity index (χ0v) is 21.9. The first-order chi connectivity index (χ1) is 17.6. The number of amides is 2. The number of methoxy groups -OCH3 is 1. The van der Waals surface area contributed by atoms with Crippen LogP contribution in [0.1, 0.15) is 51.7 Å². The minimum absolute atomic E-state index is 0.0399. The third kappa shape index (κ3) is 6.03. The van der Waals surface area contributed by atoms with Crippen molar-refractivity contribution in [2.45, 2.75) is 31.8 Å². The molecule has 0 aliphatic carbocycles. The Kier molecular flexibility index (Phi) is 9.28. The van der Waals surface area contributed by atoms with E-state index < -0.39 is 5.92 Å². The molecule has 2 unspecified atom stereocenters. The second-order valence-corrected chi connectivity index (χ2v) is 9.99. The number of hydrogen-bond donors (Lipinski definition) is 1. The Morgan fingerprint density at radius 2 is 1.86 bits per heavy atom. The van der Waals surface area contributed by atoms with Gasteiger partial charge in [0.15, 0.2) is 0 Å². The lowest BCUT2D eigenvalue weighted by atomic mass is 9.81. The Hall–Kier alpha value is -3.00. The zero-order valence-electron chi connectivity index (χ0n) is 21.1. The molecule has 0 saturated heterocycles. The van der Waals surface area contributed by atoms with Gasteiger partial charge in [-0.15, -0.1) is 11.3 Å². The monoisotopic (exact) mass is 505 g/mol. The molecule has 4 rings (SSSR count). The van der Waals surface area contributed by atoms with Gasteiger partial charge < -0.3 is 15.0 Å². The van der Waals surface area contributed by atoms with E-state index in [1.165, 1.54) is 5.56 Å². The molecule has 0 spiro atoms. The number of thiophene rings is 1. The SMILES string of the molecule is CCN(CCCNC(=O)C1c2ccccc2C(=O)N(CCOC)C1c1cccs1)Cc1ccccc1. The number of hydrogen-bond acceptors (Lipinski definition) is 5. The second-order valence-electron chi connectivity index (χ2n) is 9.02. The predicted octanol–water partition coefficient (Wildman–Crippen LogP) is 4.70. The molecular weight excluding hydrogens is 470 g/mol. The van der Waals surface area contributed by atoms with Crippen molar-refractivity contribution in [1.82, 2.24) is 15.1 Å². The molecule has 0 fully saturated rings. The molecule has 2 aromatic carbocycles. The minimum Gasteiger partial charge on any atom is -0.383 e. The third-order valence-corrected chi connectivity index (χ3v) is 7.68. The van der Waals surface area contributed by atoms with Crippen LogP contribution in [0.25, 0.3) is 0 Å². The number of carbonyl (C=O) groups excluding carboxylic acids is 2. The second kappa shape index (κ2) is 12.8. The summed E-state index contributed by atoms with van der Waals surface area (Å²) in [6.07, 6.45) is 0.858. The number of carbonyl (C=O) groups is 2. The molecule has 1 aromatic heterocycles. The summed E-state index contributed by atoms with van der Waals surface area (Å²) in [7, 11) is 1.63. The average molecular weight is 506 g/mol. The van der Waals surface area contributed by atoms with E-state index in [1.54, 1.807) is 23.3 Å². The van der Waals surface area contributed by atoms with Crippen LogP contribution in [0.15, 0.2) is 72.1 Å². The number of benzene rings is 2. The van der Waals surface area contributed by atoms with Crippen molar-refractivity contribution in [3.63, 3.8) is 0 Å². The molecule has 2 heterocycles. The van der Waals surface area contributed by atoms with Gasteiger partial charge in [0, 0.05) is 43.7 Å². The third-order valence-electron chi connectivity index (χ3n) is 6.74. The molecule has 3 aromatic rings. The summed E-state index contributed by atoms with van der Waals surface area (Å²) in [4.78, 5) is 32.4. The first kappa shape index (κ1) is 26.1. The van der Waals surface area contributed by atoms with Crippen LogP contribution in [0.5, 0.6) is 0 Å². The Morgan fingerprint density at radius 1 is 1.08 bits per heavy atom. The predicted molar refractivity (Wildman–Crippen MR) is 144 cm³/mol. The molecule has 6 nitrogen and oxygen atoms in total. The Morgan fingerprint density at radius 3 is 2.58 bits per heavy atom. The smallest absolute Gasteiger partial charge is 0.254 e. The molecule has 0 saturated carbocycles. The van der Waals surface area contributed by atoms with Crippen LogP contribution in [0.2, 0.25) is 0 Å². The van der Waals surface area contributed by atoms with Crippen molar-refractivity contribution in [1.29, 1.82) is 0 Å². The number of fused-ring (bicyclic) bond motifs is 1. The molecule has 0 bridgehead atoms. The quantitative estimate of drug-likeness (QED) is 0.363. The summed E-state index contributed by atoms with van der Waals surface area (Å²) in [5.41, 5.74) is 2.69. The molecule has 36 heavy (non-hydrogen) atoms. The van der Waals surface area contributed by atoms with Crippen molar-refractivity contribution in [2.75, 3.05) is 39.9 Å². The molecular formula is C29H35N3O3S. The van der Waals surface area contributed by atoms with Crippen molar-refractivity contribution < 1.29 is 14.3 Å². The summed E-state index contributed by atoms with van der Waals surface area (Å²) in [6.45, 7) is 6.36. The van der Waals surface area contributed by atoms with Gasteiger partial charge in [-0.3, -0.25) is 14.5 Å². The highest BCUT2D eigenvalue weighted by Gasteiger charge is 2.44. The van der Waals surface area contributed by atoms with Gasteiger partial charge in [0.1, 0.15) is 0 Å². The molecule has 1 aliphatic heterocycles. The lowest BCUT2D eigenvalue weighted by molar-refractivity contribution is -0.124. The van der Waals surface area contributed by atoms with Crippen molar-refractivity contribution in [2.24, 2.45) is 0 Å². The molecule has 0 radical (unpaired) electrons. The Labute approximate surface area is 217 Å². The van der Waals surface area contributed by atoms with Crippen molar-refractivity contribution in [3.05, 3.63) is 93.7 Å². The van der Waals surface area contributed by atoms with E-state index in [0.29, 0.717) is 25.3 Å². The average Bonchev–Trinajstić information content (AvgIpc) is 3.45. The van der Waals surface area contributed by atoms with E-state index in [-0.39, 0.29) is 17.9 Å². The topological polar surface area (TPSA) is 61.9 Å². The fourth-order valence-corrected chi connectivity index (χ4v) is 5.78. The summed E-state index contributed by atoms with van der Waals surface area (Å²) < 4.78 is 5.30. The maximum absolute atomic E-state index is 13.7. The summed E-state index contributed by atoms with van der Waals surface area (Å²) in [5.74, 6) is -0.563. The normalized spacial score (nSPS) is 17.3. The van der Waals surface area contributed by atoms with E-state index in [0.717, 1.165) is 36.5 Å². The van der Waals surface area contributed by atoms with E-state index in [2.05, 4.69) is 41.4 Å². The van der Waals surface area contributed by atoms with Crippen LogP contribution >= 0.6 is 11.3 Å². The Bertz CT molecular complexity index is 1120. The van der Waals surface area contributed by atoms with Crippen molar-refractivity contribution in [3.8, 4) is 0 Å². The van der Waals surface area contributed by atoms with Gasteiger partial charge >= 0.3 is 0 Å². The van der Waals surface area contributed by atoms with Crippen LogP contribution in [0.3, 0.4) is 0 Å². The number of rotatable bonds is 12. The maximum Gasteiger partial charge on any atom is 0.254 e. The fraction of sp³-hybridized carbons (Fsp3) is 0.379. The molecule has 2 atom stereocenters. The molecule has 7 heteroatoms. The largest absolute Gasteiger partial charge is 0.383 e. The van der Waals surface area contributed by atoms with Gasteiger partial charge in [-0.2, -0.15) is 0 Å². The van der Waals surface area contributed by atoms with Crippen LogP contribution in [-0.2, 0) is 16.1 Å². The fourth-order valence-electron chi connectivity index (χ4n) is 4.90. The molecule has 2 amide bonds. The van der Waals surface area contributed by atoms with Gasteiger partial charge in [0.05, 0.1) is 18.6 Å². The van der Waals surface area contributed by atoms with Gasteiger partial charge in [-0.25, -0.2) is 0 Å². The van der Waals surface area contributed by atoms with E-state index in [4.69, 9.17) is 4.74 Å². The maximum atomic E-state index is 13.7. The van der Waals surface area contributed by atoms with Crippen LogP contribution < -0.4 is 5.32 Å². The highest BCUT2D eigenvalue weighted by Crippen LogP contribution is 2.44. The first-order valence-electron chi connectivity index (χ1n) is 12.6. The highest BCUT2D eigenvalue weighted by molar-refractivity contribution is 7.10. The number of nitrogens with zero attached hydrogens (tertiary/aromatic N) is 2. The summed E-state index contributed by atoms with van der Waals surface area (Å²) in [5, 5.41) is 5.19. The molecule has 1 aliphatic rings. The van der Waals surface area contributed by atoms with E-state index in [1.807, 2.05) is 47.8 Å². The van der Waals surface area contributed by atoms with Crippen LogP contribution in [0.4, 0.5) is 0 Å². The summed E-state index contributed by atoms with van der Waals surface area (Å²) in [6, 6.07) is 21.6. The van der Waals surface area contributed by atoms with Crippen LogP contribution in [0, 0.1) is 0 Å². The van der Waals surface area contributed by atoms with Gasteiger partial charge in [0.25, 0.3) is 5.91 Å². The van der Waals surface area contributed by atoms with Gasteiger partial charge in [0.2, 0.25) is 5.91 Å². The van der Waals surface area contributed by atoms with Gasteiger partial charge in [-0.1, -0.05) is 61.5 Å². The number of ether oxygens (including phenoxy) is 1. The minimum atomic E-state index is -0.471. The van der Waals surface area contributed by atoms with E-state index in [9.17, 15) is 9.59 Å². The Balaban J connectivity index is 1.48. The number of nitrogens with one attached hydrogen (secondary N) is 1. The standard InChI is InChI=1S/C29H35N3O3S/c1-3-31(21-22-11-5-4-6-12-22)17-10-16-30-28(33)26-23-13-7-8-14-24(23)29(34)32(18-19-35-2)27(26)25-15-9-20-36-25/h4-9,11-15,20,26-27H,3,10,16-19,21H2,1-2H3,(H,30,33). The van der Waals surface area contributed by atoms with Crippen molar-refractivity contribution >= 4 is 23.2 Å². The van der Waals surface area contributed by atoms with E-state index >= 15 is 0 Å². The first-order valence-corrected chi connectivity index (χ1v) is 13.5. The zero-order chi connectivity index (χ0) is 25.3. The lowest BCUT2D eigenvalue weighted by Gasteiger charge is -2.41. The molecule has 190 valence electrons. The summed E-state index contributed by atoms with van der Waals surface area (Å²) >= 11 is 1.58. The lowest BCUT2D eigenvalue weighted by Crippen LogP contribution is -2.48. The van der Waals surface area contributed by atoms with Gasteiger partial charge in [-0.05, 0) is 41.6 Å². The van der Waals surface area contributed by atoms with Crippen LogP contribution in [-0.4, -0.2) is 61.5 Å².